The molecule has 684 valence electrons. The number of hydrogen-bond donors (Lipinski definition) is 0. The lowest BCUT2D eigenvalue weighted by molar-refractivity contribution is 0.0591. The molecule has 126 heavy (non-hydrogen) atoms. The normalized spacial score (nSPS) is 9.71. The third-order valence-corrected chi connectivity index (χ3v) is 17.2. The van der Waals surface area contributed by atoms with Crippen LogP contribution in [0.1, 0.15) is 200 Å². The number of carbonyl (C=O) groups excluding carboxylic acids is 6. The van der Waals surface area contributed by atoms with E-state index in [-0.39, 0.29) is 35.7 Å². The molecule has 0 N–H and O–H groups in total. The summed E-state index contributed by atoms with van der Waals surface area (Å²) in [5.74, 6) is 2.19. The molecule has 0 aliphatic heterocycles. The average Bonchev–Trinajstić information content (AvgIpc) is 0.899. The van der Waals surface area contributed by atoms with E-state index in [1.807, 2.05) is 161 Å². The van der Waals surface area contributed by atoms with Crippen molar-refractivity contribution in [3.8, 4) is 28.7 Å². The molecule has 23 heteroatoms. The predicted octanol–water partition coefficient (Wildman–Crippen LogP) is 23.8. The van der Waals surface area contributed by atoms with Crippen LogP contribution in [0.5, 0.6) is 28.7 Å². The number of hydrogen-bond acceptors (Lipinski definition) is 21. The second kappa shape index (κ2) is 72.4. The molecule has 0 amide bonds. The minimum atomic E-state index is -0.454. The lowest BCUT2D eigenvalue weighted by Crippen LogP contribution is -2.00. The van der Waals surface area contributed by atoms with Gasteiger partial charge in [0.25, 0.3) is 0 Å². The van der Waals surface area contributed by atoms with E-state index in [9.17, 15) is 33.2 Å². The van der Waals surface area contributed by atoms with E-state index in [0.29, 0.717) is 71.4 Å². The van der Waals surface area contributed by atoms with Crippen molar-refractivity contribution in [2.75, 3.05) is 104 Å². The number of carbonyl (C=O) groups is 6. The minimum Gasteiger partial charge on any atom is -0.494 e. The Hall–Kier alpha value is -11.9. The molecule has 0 fully saturated rings. The summed E-state index contributed by atoms with van der Waals surface area (Å²) in [6.45, 7) is 23.0. The zero-order valence-corrected chi connectivity index (χ0v) is 77.6. The summed E-state index contributed by atoms with van der Waals surface area (Å²) < 4.78 is 87.0. The number of esters is 6. The van der Waals surface area contributed by atoms with Gasteiger partial charge in [-0.2, -0.15) is 0 Å². The first-order valence-corrected chi connectivity index (χ1v) is 42.1. The van der Waals surface area contributed by atoms with Crippen LogP contribution in [0.25, 0.3) is 0 Å². The van der Waals surface area contributed by atoms with Crippen molar-refractivity contribution < 1.29 is 104 Å². The van der Waals surface area contributed by atoms with Crippen molar-refractivity contribution in [3.05, 3.63) is 326 Å². The topological polar surface area (TPSA) is 241 Å². The average molecular weight is 1760 g/mol. The number of methoxy groups -OCH3 is 10. The number of unbranched alkanes of at least 4 members (excludes halogenated alkanes) is 6. The van der Waals surface area contributed by atoms with Crippen molar-refractivity contribution >= 4 is 47.4 Å². The largest absolute Gasteiger partial charge is 0.494 e. The highest BCUT2D eigenvalue weighted by atomic mass is 35.5. The zero-order valence-electron chi connectivity index (χ0n) is 76.9. The Bertz CT molecular complexity index is 4100. The molecule has 0 bridgehead atoms. The Morgan fingerprint density at radius 2 is 0.460 bits per heavy atom. The van der Waals surface area contributed by atoms with Crippen LogP contribution in [0.4, 0.5) is 4.39 Å². The van der Waals surface area contributed by atoms with Gasteiger partial charge in [-0.3, -0.25) is 0 Å². The van der Waals surface area contributed by atoms with E-state index in [2.05, 4.69) is 56.1 Å². The third kappa shape index (κ3) is 53.3. The zero-order chi connectivity index (χ0) is 93.3. The van der Waals surface area contributed by atoms with Gasteiger partial charge < -0.3 is 71.1 Å². The summed E-state index contributed by atoms with van der Waals surface area (Å²) in [7, 11) is 14.9. The van der Waals surface area contributed by atoms with Crippen molar-refractivity contribution in [2.45, 2.75) is 146 Å². The molecular formula is C103H132ClFO21. The van der Waals surface area contributed by atoms with Crippen molar-refractivity contribution in [1.82, 2.24) is 0 Å². The molecule has 0 spiro atoms. The van der Waals surface area contributed by atoms with Gasteiger partial charge in [0.05, 0.1) is 136 Å². The van der Waals surface area contributed by atoms with Gasteiger partial charge in [-0.05, 0) is 233 Å². The summed E-state index contributed by atoms with van der Waals surface area (Å²) in [5.41, 5.74) is 11.3. The molecule has 10 rings (SSSR count). The number of benzene rings is 10. The van der Waals surface area contributed by atoms with E-state index in [0.717, 1.165) is 97.5 Å². The van der Waals surface area contributed by atoms with Gasteiger partial charge >= 0.3 is 35.8 Å². The maximum Gasteiger partial charge on any atom is 0.337 e. The highest BCUT2D eigenvalue weighted by Crippen LogP contribution is 2.19. The van der Waals surface area contributed by atoms with Gasteiger partial charge in [-0.25, -0.2) is 33.2 Å². The summed E-state index contributed by atoms with van der Waals surface area (Å²) in [6, 6.07) is 72.6. The van der Waals surface area contributed by atoms with Crippen molar-refractivity contribution in [1.29, 1.82) is 0 Å². The molecular weight excluding hydrogens is 1630 g/mol. The summed E-state index contributed by atoms with van der Waals surface area (Å²) in [6.07, 6.45) is 11.9. The molecule has 21 nitrogen and oxygen atoms in total. The number of aryl methyl sites for hydroxylation is 3. The van der Waals surface area contributed by atoms with E-state index in [4.69, 9.17) is 54.2 Å². The quantitative estimate of drug-likeness (QED) is 0.0207. The molecule has 10 aromatic carbocycles. The maximum absolute atomic E-state index is 12.3. The van der Waals surface area contributed by atoms with Crippen LogP contribution in [-0.4, -0.2) is 140 Å². The van der Waals surface area contributed by atoms with Gasteiger partial charge in [0.15, 0.2) is 0 Å². The molecule has 0 radical (unpaired) electrons. The fraction of sp³-hybridized carbons (Fsp3) is 0.359. The standard InChI is InChI=1S/C14H22O2.C13H20O2.C12H18O2.C11H16O2.C10H12O3.3C9H10O2.C8H7ClO2.C8H7FO2/c1-3-4-5-6-11-16-14-9-7-13(8-10-14)12-15-2;1-3-4-5-10-15-13-8-6-12(7-9-13)11-14-2;1-3-4-9-14-12-7-5-11(6-8-12)10-13-2;1-3-8-13-11-6-4-10(5-7-11)9-12-2;1-3-13-9-6-4-8(5-7-9)10(11)12-2;3*1-7-3-5-8(6-4-7)9(10)11-2;2*1-11-8(10)6-2-4-7(9)5-3-6/h7-10H,3-6,11-12H2,1-2H3;6-9H,3-5,10-11H2,1-2H3;5-8H,3-4,9-10H2,1-2H3;4-7H,3,8-9H2,1-2H3;4-7H,3H2,1-2H3;3*3-6H,1-2H3;2*2-5H,1H3. The number of rotatable bonds is 34. The Labute approximate surface area is 752 Å². The molecule has 0 aromatic heterocycles. The molecule has 0 aliphatic rings. The lowest BCUT2D eigenvalue weighted by Gasteiger charge is -2.06. The Balaban J connectivity index is 0.000000702. The first kappa shape index (κ1) is 112. The smallest absolute Gasteiger partial charge is 0.337 e. The maximum atomic E-state index is 12.3. The van der Waals surface area contributed by atoms with Gasteiger partial charge in [0.2, 0.25) is 0 Å². The highest BCUT2D eigenvalue weighted by Gasteiger charge is 2.09. The molecule has 0 aliphatic carbocycles. The first-order valence-electron chi connectivity index (χ1n) is 41.7. The first-order chi connectivity index (χ1) is 60.9. The molecule has 0 saturated carbocycles. The fourth-order valence-corrected chi connectivity index (χ4v) is 10.1. The SMILES string of the molecule is CCCCCCOc1ccc(COC)cc1.CCCCCOc1ccc(COC)cc1.CCCCOc1ccc(COC)cc1.CCCOc1ccc(COC)cc1.CCOc1ccc(C(=O)OC)cc1.COC(=O)c1ccc(C)cc1.COC(=O)c1ccc(C)cc1.COC(=O)c1ccc(C)cc1.COC(=O)c1ccc(Cl)cc1.COC(=O)c1ccc(F)cc1. The molecule has 0 atom stereocenters. The fourth-order valence-electron chi connectivity index (χ4n) is 10.0. The van der Waals surface area contributed by atoms with Crippen LogP contribution >= 0.6 is 11.6 Å². The van der Waals surface area contributed by atoms with Gasteiger partial charge in [0, 0.05) is 33.5 Å². The van der Waals surface area contributed by atoms with Crippen LogP contribution in [0, 0.1) is 26.6 Å². The Morgan fingerprint density at radius 1 is 0.246 bits per heavy atom. The summed E-state index contributed by atoms with van der Waals surface area (Å²) in [4.78, 5) is 65.4. The van der Waals surface area contributed by atoms with E-state index in [1.165, 1.54) is 128 Å². The Kier molecular flexibility index (Phi) is 64.4. The third-order valence-electron chi connectivity index (χ3n) is 17.0. The van der Waals surface area contributed by atoms with Gasteiger partial charge in [-0.15, -0.1) is 0 Å². The second-order valence-corrected chi connectivity index (χ2v) is 27.8. The molecule has 0 saturated heterocycles. The monoisotopic (exact) mass is 1760 g/mol. The number of ether oxygens (including phenoxy) is 15. The molecule has 0 unspecified atom stereocenters. The highest BCUT2D eigenvalue weighted by molar-refractivity contribution is 6.30. The minimum absolute atomic E-state index is 0.287. The van der Waals surface area contributed by atoms with E-state index in [1.54, 1.807) is 113 Å². The molecule has 0 heterocycles. The van der Waals surface area contributed by atoms with Crippen LogP contribution in [0.3, 0.4) is 0 Å². The molecule has 10 aromatic rings. The van der Waals surface area contributed by atoms with Crippen LogP contribution in [-0.2, 0) is 73.8 Å². The predicted molar refractivity (Wildman–Crippen MR) is 497 cm³/mol. The number of halogens is 2. The van der Waals surface area contributed by atoms with Crippen LogP contribution < -0.4 is 23.7 Å². The Morgan fingerprint density at radius 3 is 0.706 bits per heavy atom. The van der Waals surface area contributed by atoms with Crippen molar-refractivity contribution in [2.24, 2.45) is 0 Å². The van der Waals surface area contributed by atoms with Gasteiger partial charge in [-0.1, -0.05) is 179 Å². The summed E-state index contributed by atoms with van der Waals surface area (Å²) >= 11 is 5.61. The van der Waals surface area contributed by atoms with Crippen molar-refractivity contribution in [3.63, 3.8) is 0 Å². The lowest BCUT2D eigenvalue weighted by atomic mass is 10.2. The summed E-state index contributed by atoms with van der Waals surface area (Å²) in [5, 5.41) is 0.609. The van der Waals surface area contributed by atoms with E-state index < -0.39 is 5.97 Å². The van der Waals surface area contributed by atoms with Gasteiger partial charge in [0.1, 0.15) is 34.6 Å². The van der Waals surface area contributed by atoms with Crippen LogP contribution in [0.2, 0.25) is 5.02 Å². The van der Waals surface area contributed by atoms with Crippen LogP contribution in [0.15, 0.2) is 243 Å². The van der Waals surface area contributed by atoms with E-state index >= 15 is 0 Å². The second-order valence-electron chi connectivity index (χ2n) is 27.3.